The molecular formula is C21H39IN4O4. The van der Waals surface area contributed by atoms with Crippen LogP contribution in [0.2, 0.25) is 0 Å². The molecule has 2 fully saturated rings. The van der Waals surface area contributed by atoms with E-state index in [1.807, 2.05) is 39.5 Å². The first kappa shape index (κ1) is 26.8. The first-order chi connectivity index (χ1) is 13.7. The van der Waals surface area contributed by atoms with Gasteiger partial charge in [-0.25, -0.2) is 4.79 Å². The zero-order valence-electron chi connectivity index (χ0n) is 19.1. The molecule has 1 aliphatic heterocycles. The molecule has 0 bridgehead atoms. The van der Waals surface area contributed by atoms with Crippen molar-refractivity contribution in [3.05, 3.63) is 0 Å². The predicted molar refractivity (Wildman–Crippen MR) is 128 cm³/mol. The highest BCUT2D eigenvalue weighted by Crippen LogP contribution is 2.28. The lowest BCUT2D eigenvalue weighted by Crippen LogP contribution is -2.47. The first-order valence-corrected chi connectivity index (χ1v) is 10.9. The molecule has 1 amide bonds. The number of nitrogens with one attached hydrogen (secondary N) is 1. The van der Waals surface area contributed by atoms with Crippen LogP contribution in [0.4, 0.5) is 4.79 Å². The van der Waals surface area contributed by atoms with Gasteiger partial charge >= 0.3 is 12.1 Å². The van der Waals surface area contributed by atoms with Gasteiger partial charge in [0.25, 0.3) is 0 Å². The highest BCUT2D eigenvalue weighted by Gasteiger charge is 2.35. The summed E-state index contributed by atoms with van der Waals surface area (Å²) >= 11 is 0. The molecule has 8 nitrogen and oxygen atoms in total. The number of likely N-dealkylation sites (tertiary alicyclic amines) is 1. The minimum Gasteiger partial charge on any atom is -0.466 e. The smallest absolute Gasteiger partial charge is 0.410 e. The highest BCUT2D eigenvalue weighted by atomic mass is 127. The second-order valence-corrected chi connectivity index (χ2v) is 8.65. The molecule has 0 radical (unpaired) electrons. The molecule has 2 rings (SSSR count). The average molecular weight is 538 g/mol. The number of carbonyl (C=O) groups is 2. The summed E-state index contributed by atoms with van der Waals surface area (Å²) in [5.74, 6) is 0.730. The van der Waals surface area contributed by atoms with Crippen LogP contribution < -0.4 is 5.32 Å². The molecule has 1 saturated heterocycles. The Kier molecular flexibility index (Phi) is 11.2. The van der Waals surface area contributed by atoms with E-state index in [0.717, 1.165) is 51.3 Å². The van der Waals surface area contributed by atoms with Crippen molar-refractivity contribution in [1.82, 2.24) is 15.1 Å². The summed E-state index contributed by atoms with van der Waals surface area (Å²) in [6.45, 7) is 13.4. The van der Waals surface area contributed by atoms with Gasteiger partial charge in [0.1, 0.15) is 5.60 Å². The largest absolute Gasteiger partial charge is 0.466 e. The van der Waals surface area contributed by atoms with Crippen LogP contribution in [0.3, 0.4) is 0 Å². The van der Waals surface area contributed by atoms with E-state index in [0.29, 0.717) is 19.7 Å². The number of piperidine rings is 1. The Hall–Kier alpha value is -1.26. The molecule has 1 aliphatic carbocycles. The molecule has 174 valence electrons. The zero-order valence-corrected chi connectivity index (χ0v) is 21.4. The maximum absolute atomic E-state index is 12.5. The summed E-state index contributed by atoms with van der Waals surface area (Å²) in [5.41, 5.74) is -0.494. The van der Waals surface area contributed by atoms with Crippen LogP contribution >= 0.6 is 24.0 Å². The van der Waals surface area contributed by atoms with Gasteiger partial charge in [-0.05, 0) is 60.3 Å². The Morgan fingerprint density at radius 3 is 2.27 bits per heavy atom. The molecule has 0 aromatic carbocycles. The number of amides is 1. The first-order valence-electron chi connectivity index (χ1n) is 10.9. The number of guanidine groups is 1. The molecule has 0 aromatic heterocycles. The van der Waals surface area contributed by atoms with E-state index in [1.54, 1.807) is 0 Å². The van der Waals surface area contributed by atoms with Crippen LogP contribution in [-0.4, -0.2) is 78.8 Å². The molecule has 1 heterocycles. The number of hydrogen-bond acceptors (Lipinski definition) is 5. The van der Waals surface area contributed by atoms with Crippen molar-refractivity contribution in [2.75, 3.05) is 39.3 Å². The third-order valence-corrected chi connectivity index (χ3v) is 4.97. The van der Waals surface area contributed by atoms with Gasteiger partial charge in [0.05, 0.1) is 19.1 Å². The van der Waals surface area contributed by atoms with Crippen molar-refractivity contribution in [1.29, 1.82) is 0 Å². The molecule has 1 N–H and O–H groups in total. The topological polar surface area (TPSA) is 83.5 Å². The van der Waals surface area contributed by atoms with E-state index in [4.69, 9.17) is 14.5 Å². The lowest BCUT2D eigenvalue weighted by atomic mass is 9.97. The van der Waals surface area contributed by atoms with Crippen molar-refractivity contribution >= 4 is 42.0 Å². The Labute approximate surface area is 198 Å². The number of nitrogens with zero attached hydrogens (tertiary/aromatic N) is 3. The third kappa shape index (κ3) is 8.85. The zero-order chi connectivity index (χ0) is 21.4. The third-order valence-electron chi connectivity index (χ3n) is 4.97. The normalized spacial score (nSPS) is 17.8. The molecule has 2 aliphatic rings. The number of ether oxygens (including phenoxy) is 2. The second-order valence-electron chi connectivity index (χ2n) is 8.65. The lowest BCUT2D eigenvalue weighted by Gasteiger charge is -2.33. The standard InChI is InChI=1S/C21H38N4O4.HI/c1-6-22-19(24-13-10-16(11-14-24)18(26)28-7-2)23-12-15-25(17-8-9-17)20(27)29-21(3,4)5;/h16-17H,6-15H2,1-5H3,(H,22,23);1H. The highest BCUT2D eigenvalue weighted by molar-refractivity contribution is 14.0. The number of aliphatic imine (C=N–C) groups is 1. The van der Waals surface area contributed by atoms with Gasteiger partial charge in [0, 0.05) is 32.2 Å². The molecular weight excluding hydrogens is 499 g/mol. The summed E-state index contributed by atoms with van der Waals surface area (Å²) in [5, 5.41) is 3.33. The van der Waals surface area contributed by atoms with Gasteiger partial charge in [-0.1, -0.05) is 0 Å². The SMILES string of the molecule is CCNC(=NCCN(C(=O)OC(C)(C)C)C1CC1)N1CCC(C(=O)OCC)CC1.I. The molecule has 9 heteroatoms. The van der Waals surface area contributed by atoms with E-state index in [-0.39, 0.29) is 48.0 Å². The average Bonchev–Trinajstić information content (AvgIpc) is 3.48. The number of esters is 1. The van der Waals surface area contributed by atoms with Gasteiger partial charge in [0.2, 0.25) is 0 Å². The van der Waals surface area contributed by atoms with Crippen molar-refractivity contribution in [3.63, 3.8) is 0 Å². The van der Waals surface area contributed by atoms with E-state index in [2.05, 4.69) is 10.2 Å². The van der Waals surface area contributed by atoms with Crippen molar-refractivity contribution in [2.24, 2.45) is 10.9 Å². The van der Waals surface area contributed by atoms with E-state index in [1.165, 1.54) is 0 Å². The summed E-state index contributed by atoms with van der Waals surface area (Å²) in [4.78, 5) is 33.2. The van der Waals surface area contributed by atoms with Gasteiger partial charge in [-0.15, -0.1) is 24.0 Å². The van der Waals surface area contributed by atoms with Gasteiger partial charge in [-0.2, -0.15) is 0 Å². The molecule has 0 spiro atoms. The van der Waals surface area contributed by atoms with E-state index in [9.17, 15) is 9.59 Å². The number of hydrogen-bond donors (Lipinski definition) is 1. The molecule has 1 saturated carbocycles. The van der Waals surface area contributed by atoms with E-state index < -0.39 is 5.60 Å². The fourth-order valence-electron chi connectivity index (χ4n) is 3.41. The molecule has 0 aromatic rings. The molecule has 30 heavy (non-hydrogen) atoms. The summed E-state index contributed by atoms with van der Waals surface area (Å²) in [6.07, 6.45) is 3.36. The quantitative estimate of drug-likeness (QED) is 0.232. The minimum absolute atomic E-state index is 0. The number of rotatable bonds is 7. The van der Waals surface area contributed by atoms with Crippen LogP contribution in [0.25, 0.3) is 0 Å². The fraction of sp³-hybridized carbons (Fsp3) is 0.857. The monoisotopic (exact) mass is 538 g/mol. The Morgan fingerprint density at radius 1 is 1.13 bits per heavy atom. The van der Waals surface area contributed by atoms with Crippen molar-refractivity contribution in [3.8, 4) is 0 Å². The van der Waals surface area contributed by atoms with Gasteiger partial charge in [-0.3, -0.25) is 9.79 Å². The summed E-state index contributed by atoms with van der Waals surface area (Å²) in [6, 6.07) is 0.281. The molecule has 0 unspecified atom stereocenters. The number of halogens is 1. The fourth-order valence-corrected chi connectivity index (χ4v) is 3.41. The lowest BCUT2D eigenvalue weighted by molar-refractivity contribution is -0.149. The maximum Gasteiger partial charge on any atom is 0.410 e. The molecule has 0 atom stereocenters. The Bertz CT molecular complexity index is 582. The number of carbonyl (C=O) groups excluding carboxylic acids is 2. The van der Waals surface area contributed by atoms with Crippen LogP contribution in [0.1, 0.15) is 60.3 Å². The van der Waals surface area contributed by atoms with Crippen LogP contribution in [0, 0.1) is 5.92 Å². The van der Waals surface area contributed by atoms with Crippen molar-refractivity contribution < 1.29 is 19.1 Å². The Morgan fingerprint density at radius 2 is 1.77 bits per heavy atom. The van der Waals surface area contributed by atoms with Gasteiger partial charge < -0.3 is 24.6 Å². The van der Waals surface area contributed by atoms with E-state index >= 15 is 0 Å². The Balaban J connectivity index is 0.00000450. The van der Waals surface area contributed by atoms with Crippen LogP contribution in [-0.2, 0) is 14.3 Å². The van der Waals surface area contributed by atoms with Crippen LogP contribution in [0.5, 0.6) is 0 Å². The van der Waals surface area contributed by atoms with Gasteiger partial charge in [0.15, 0.2) is 5.96 Å². The summed E-state index contributed by atoms with van der Waals surface area (Å²) < 4.78 is 10.7. The summed E-state index contributed by atoms with van der Waals surface area (Å²) in [7, 11) is 0. The predicted octanol–water partition coefficient (Wildman–Crippen LogP) is 3.24. The van der Waals surface area contributed by atoms with Crippen molar-refractivity contribution in [2.45, 2.75) is 71.9 Å². The second kappa shape index (κ2) is 12.6. The maximum atomic E-state index is 12.5. The minimum atomic E-state index is -0.494. The van der Waals surface area contributed by atoms with Crippen LogP contribution in [0.15, 0.2) is 4.99 Å².